The van der Waals surface area contributed by atoms with Crippen LogP contribution in [0.1, 0.15) is 42.8 Å². The topological polar surface area (TPSA) is 67.1 Å². The highest BCUT2D eigenvalue weighted by Crippen LogP contribution is 2.32. The number of piperidine rings is 1. The van der Waals surface area contributed by atoms with E-state index < -0.39 is 0 Å². The van der Waals surface area contributed by atoms with Crippen LogP contribution < -0.4 is 0 Å². The smallest absolute Gasteiger partial charge is 0.173 e. The monoisotopic (exact) mass is 363 g/mol. The van der Waals surface area contributed by atoms with Gasteiger partial charge >= 0.3 is 0 Å². The molecule has 1 N–H and O–H groups in total. The molecule has 1 aromatic heterocycles. The molecule has 4 rings (SSSR count). The molecule has 3 aromatic rings. The summed E-state index contributed by atoms with van der Waals surface area (Å²) in [6.45, 7) is 4.99. The zero-order valence-electron chi connectivity index (χ0n) is 15.6. The van der Waals surface area contributed by atoms with Gasteiger partial charge in [0, 0.05) is 0 Å². The summed E-state index contributed by atoms with van der Waals surface area (Å²) in [5, 5.41) is 22.4. The van der Waals surface area contributed by atoms with Crippen molar-refractivity contribution < 1.29 is 5.11 Å². The number of rotatable bonds is 5. The van der Waals surface area contributed by atoms with Crippen LogP contribution in [0, 0.1) is 5.92 Å². The molecule has 0 spiro atoms. The molecule has 27 heavy (non-hydrogen) atoms. The van der Waals surface area contributed by atoms with Crippen LogP contribution in [-0.4, -0.2) is 43.3 Å². The highest BCUT2D eigenvalue weighted by Gasteiger charge is 2.30. The van der Waals surface area contributed by atoms with Crippen LogP contribution in [0.15, 0.2) is 54.6 Å². The molecule has 0 saturated carbocycles. The molecule has 0 amide bonds. The van der Waals surface area contributed by atoms with Crippen molar-refractivity contribution in [3.8, 4) is 5.75 Å². The molecule has 1 fully saturated rings. The third kappa shape index (κ3) is 4.01. The van der Waals surface area contributed by atoms with Crippen LogP contribution in [0.5, 0.6) is 5.75 Å². The van der Waals surface area contributed by atoms with Gasteiger partial charge in [-0.15, -0.1) is 5.10 Å². The first-order chi connectivity index (χ1) is 13.2. The quantitative estimate of drug-likeness (QED) is 0.754. The molecule has 2 heterocycles. The molecule has 1 aliphatic rings. The van der Waals surface area contributed by atoms with Gasteiger partial charge in [0.1, 0.15) is 5.75 Å². The van der Waals surface area contributed by atoms with Gasteiger partial charge in [0.15, 0.2) is 5.82 Å². The van der Waals surface area contributed by atoms with Crippen molar-refractivity contribution in [2.24, 2.45) is 5.92 Å². The zero-order valence-corrected chi connectivity index (χ0v) is 15.6. The molecule has 1 aliphatic heterocycles. The largest absolute Gasteiger partial charge is 0.508 e. The van der Waals surface area contributed by atoms with Gasteiger partial charge in [-0.25, -0.2) is 4.68 Å². The minimum Gasteiger partial charge on any atom is -0.508 e. The Morgan fingerprint density at radius 3 is 2.44 bits per heavy atom. The van der Waals surface area contributed by atoms with E-state index in [9.17, 15) is 5.11 Å². The number of hydrogen-bond donors (Lipinski definition) is 1. The Kier molecular flexibility index (Phi) is 5.16. The van der Waals surface area contributed by atoms with Gasteiger partial charge in [0.2, 0.25) is 0 Å². The molecule has 140 valence electrons. The van der Waals surface area contributed by atoms with E-state index in [-0.39, 0.29) is 11.8 Å². The number of tetrazole rings is 1. The number of likely N-dealkylation sites (tertiary alicyclic amines) is 1. The van der Waals surface area contributed by atoms with Gasteiger partial charge in [-0.1, -0.05) is 49.4 Å². The average Bonchev–Trinajstić information content (AvgIpc) is 3.13. The standard InChI is InChI=1S/C21H25N5O/c1-16-11-13-25(14-12-16)20(18-7-9-19(27)10-8-18)21-22-23-24-26(21)15-17-5-3-2-4-6-17/h2-10,16,20,27H,11-15H2,1H3/t20-/m0/s1. The van der Waals surface area contributed by atoms with Crippen LogP contribution in [0.4, 0.5) is 0 Å². The number of phenolic OH excluding ortho intramolecular Hbond substituents is 1. The Balaban J connectivity index is 1.69. The average molecular weight is 363 g/mol. The van der Waals surface area contributed by atoms with Gasteiger partial charge < -0.3 is 5.11 Å². The van der Waals surface area contributed by atoms with E-state index in [1.165, 1.54) is 18.4 Å². The lowest BCUT2D eigenvalue weighted by atomic mass is 9.95. The van der Waals surface area contributed by atoms with E-state index in [1.807, 2.05) is 35.0 Å². The van der Waals surface area contributed by atoms with E-state index in [0.29, 0.717) is 6.54 Å². The van der Waals surface area contributed by atoms with Crippen molar-refractivity contribution >= 4 is 0 Å². The second-order valence-electron chi connectivity index (χ2n) is 7.39. The maximum atomic E-state index is 9.70. The Morgan fingerprint density at radius 2 is 1.74 bits per heavy atom. The van der Waals surface area contributed by atoms with Crippen molar-refractivity contribution in [1.82, 2.24) is 25.1 Å². The first-order valence-electron chi connectivity index (χ1n) is 9.53. The molecule has 6 heteroatoms. The number of aromatic nitrogens is 4. The minimum atomic E-state index is -0.0168. The van der Waals surface area contributed by atoms with Crippen LogP contribution in [-0.2, 0) is 6.54 Å². The second kappa shape index (κ2) is 7.88. The SMILES string of the molecule is CC1CCN([C@@H](c2ccc(O)cc2)c2nnnn2Cc2ccccc2)CC1. The molecule has 1 atom stereocenters. The first kappa shape index (κ1) is 17.7. The summed E-state index contributed by atoms with van der Waals surface area (Å²) < 4.78 is 1.89. The van der Waals surface area contributed by atoms with Crippen molar-refractivity contribution in [3.05, 3.63) is 71.5 Å². The number of benzene rings is 2. The summed E-state index contributed by atoms with van der Waals surface area (Å²) in [5.41, 5.74) is 2.27. The van der Waals surface area contributed by atoms with Crippen LogP contribution in [0.25, 0.3) is 0 Å². The molecule has 6 nitrogen and oxygen atoms in total. The number of aromatic hydroxyl groups is 1. The molecule has 0 bridgehead atoms. The normalized spacial score (nSPS) is 17.1. The van der Waals surface area contributed by atoms with Gasteiger partial charge in [-0.3, -0.25) is 4.90 Å². The summed E-state index contributed by atoms with van der Waals surface area (Å²) in [6.07, 6.45) is 2.35. The lowest BCUT2D eigenvalue weighted by Gasteiger charge is -2.36. The maximum Gasteiger partial charge on any atom is 0.173 e. The van der Waals surface area contributed by atoms with Crippen LogP contribution in [0.3, 0.4) is 0 Å². The second-order valence-corrected chi connectivity index (χ2v) is 7.39. The van der Waals surface area contributed by atoms with Gasteiger partial charge in [0.25, 0.3) is 0 Å². The van der Waals surface area contributed by atoms with Crippen molar-refractivity contribution in [2.75, 3.05) is 13.1 Å². The summed E-state index contributed by atoms with van der Waals surface area (Å²) in [7, 11) is 0. The van der Waals surface area contributed by atoms with Crippen LogP contribution in [0.2, 0.25) is 0 Å². The molecule has 0 radical (unpaired) electrons. The highest BCUT2D eigenvalue weighted by molar-refractivity contribution is 5.31. The number of phenols is 1. The van der Waals surface area contributed by atoms with Gasteiger partial charge in [-0.2, -0.15) is 0 Å². The minimum absolute atomic E-state index is 0.0168. The fourth-order valence-electron chi connectivity index (χ4n) is 3.74. The molecule has 0 unspecified atom stereocenters. The molecule has 2 aromatic carbocycles. The van der Waals surface area contributed by atoms with Crippen molar-refractivity contribution in [2.45, 2.75) is 32.4 Å². The van der Waals surface area contributed by atoms with Crippen molar-refractivity contribution in [1.29, 1.82) is 0 Å². The molecule has 1 saturated heterocycles. The lowest BCUT2D eigenvalue weighted by molar-refractivity contribution is 0.150. The summed E-state index contributed by atoms with van der Waals surface area (Å²) >= 11 is 0. The number of hydrogen-bond acceptors (Lipinski definition) is 5. The Bertz CT molecular complexity index is 854. The zero-order chi connectivity index (χ0) is 18.6. The van der Waals surface area contributed by atoms with E-state index in [2.05, 4.69) is 39.5 Å². The Labute approximate surface area is 159 Å². The van der Waals surface area contributed by atoms with Gasteiger partial charge in [0.05, 0.1) is 12.6 Å². The fraction of sp³-hybridized carbons (Fsp3) is 0.381. The summed E-state index contributed by atoms with van der Waals surface area (Å²) in [4.78, 5) is 2.46. The first-order valence-corrected chi connectivity index (χ1v) is 9.53. The molecular weight excluding hydrogens is 338 g/mol. The van der Waals surface area contributed by atoms with Gasteiger partial charge in [-0.05, 0) is 65.5 Å². The summed E-state index contributed by atoms with van der Waals surface area (Å²) in [5.74, 6) is 1.87. The highest BCUT2D eigenvalue weighted by atomic mass is 16.3. The predicted octanol–water partition coefficient (Wildman–Crippen LogP) is 3.25. The predicted molar refractivity (Wildman–Crippen MR) is 103 cm³/mol. The van der Waals surface area contributed by atoms with Crippen LogP contribution >= 0.6 is 0 Å². The third-order valence-corrected chi connectivity index (χ3v) is 5.37. The Morgan fingerprint density at radius 1 is 1.04 bits per heavy atom. The van der Waals surface area contributed by atoms with E-state index in [1.54, 1.807) is 12.1 Å². The summed E-state index contributed by atoms with van der Waals surface area (Å²) in [6, 6.07) is 17.6. The van der Waals surface area contributed by atoms with E-state index in [4.69, 9.17) is 0 Å². The third-order valence-electron chi connectivity index (χ3n) is 5.37. The maximum absolute atomic E-state index is 9.70. The van der Waals surface area contributed by atoms with E-state index >= 15 is 0 Å². The number of nitrogens with zero attached hydrogens (tertiary/aromatic N) is 5. The van der Waals surface area contributed by atoms with E-state index in [0.717, 1.165) is 30.4 Å². The van der Waals surface area contributed by atoms with Crippen molar-refractivity contribution in [3.63, 3.8) is 0 Å². The lowest BCUT2D eigenvalue weighted by Crippen LogP contribution is -2.38. The fourth-order valence-corrected chi connectivity index (χ4v) is 3.74. The Hall–Kier alpha value is -2.73. The molecular formula is C21H25N5O. The molecule has 0 aliphatic carbocycles.